The van der Waals surface area contributed by atoms with E-state index in [4.69, 9.17) is 14.3 Å². The van der Waals surface area contributed by atoms with Gasteiger partial charge in [-0.05, 0) is 84.4 Å². The normalized spacial score (nSPS) is 25.6. The molecule has 3 amide bonds. The first-order valence-corrected chi connectivity index (χ1v) is 20.6. The number of carbonyl (C=O) groups is 3. The minimum absolute atomic E-state index is 0.0101. The van der Waals surface area contributed by atoms with Crippen molar-refractivity contribution in [2.24, 2.45) is 29.1 Å². The third-order valence-corrected chi connectivity index (χ3v) is 13.3. The van der Waals surface area contributed by atoms with E-state index in [1.54, 1.807) is 52.4 Å². The molecule has 4 fully saturated rings. The number of anilines is 1. The third kappa shape index (κ3) is 8.94. The fraction of sp³-hybridized carbons (Fsp3) is 0.543. The van der Waals surface area contributed by atoms with Gasteiger partial charge in [-0.2, -0.15) is 5.06 Å². The van der Waals surface area contributed by atoms with E-state index in [0.29, 0.717) is 51.5 Å². The van der Waals surface area contributed by atoms with Crippen molar-refractivity contribution in [3.8, 4) is 22.6 Å². The number of likely N-dealkylation sites (N-methyl/N-ethyl adjacent to an activating group) is 1. The van der Waals surface area contributed by atoms with E-state index < -0.39 is 36.1 Å². The fourth-order valence-electron chi connectivity index (χ4n) is 9.74. The number of fused-ring (bicyclic) bond motifs is 2. The van der Waals surface area contributed by atoms with Crippen molar-refractivity contribution in [3.05, 3.63) is 77.4 Å². The first-order valence-electron chi connectivity index (χ1n) is 20.6. The maximum absolute atomic E-state index is 14.3. The first-order chi connectivity index (χ1) is 28.0. The molecule has 1 saturated heterocycles. The Bertz CT molecular complexity index is 1980. The van der Waals surface area contributed by atoms with E-state index >= 15 is 0 Å². The second kappa shape index (κ2) is 17.9. The van der Waals surface area contributed by atoms with Crippen LogP contribution in [0.15, 0.2) is 60.7 Å². The molecule has 4 aliphatic rings. The Labute approximate surface area is 348 Å². The summed E-state index contributed by atoms with van der Waals surface area (Å²) in [6.45, 7) is 8.25. The third-order valence-electron chi connectivity index (χ3n) is 13.3. The van der Waals surface area contributed by atoms with Crippen LogP contribution in [0.5, 0.6) is 11.5 Å². The summed E-state index contributed by atoms with van der Waals surface area (Å²) in [5.41, 5.74) is 4.35. The lowest BCUT2D eigenvalue weighted by molar-refractivity contribution is -0.183. The lowest BCUT2D eigenvalue weighted by atomic mass is 9.45. The van der Waals surface area contributed by atoms with Gasteiger partial charge in [0.1, 0.15) is 29.7 Å². The largest absolute Gasteiger partial charge is 0.497 e. The number of hydrogen-bond acceptors (Lipinski definition) is 10. The van der Waals surface area contributed by atoms with Crippen molar-refractivity contribution in [1.29, 1.82) is 0 Å². The number of ether oxygens (including phenoxy) is 2. The average Bonchev–Trinajstić information content (AvgIpc) is 3.59. The molecule has 1 aliphatic heterocycles. The zero-order chi connectivity index (χ0) is 42.9. The van der Waals surface area contributed by atoms with Crippen LogP contribution >= 0.6 is 0 Å². The van der Waals surface area contributed by atoms with Crippen molar-refractivity contribution in [2.75, 3.05) is 53.9 Å². The minimum Gasteiger partial charge on any atom is -0.497 e. The highest BCUT2D eigenvalue weighted by molar-refractivity contribution is 6.00. The Balaban J connectivity index is 1.29. The lowest BCUT2D eigenvalue weighted by Gasteiger charge is -2.62. The number of nitrogens with one attached hydrogen (secondary N) is 2. The van der Waals surface area contributed by atoms with Gasteiger partial charge in [0.25, 0.3) is 5.91 Å². The van der Waals surface area contributed by atoms with Crippen molar-refractivity contribution in [2.45, 2.75) is 83.8 Å². The Morgan fingerprint density at radius 3 is 2.29 bits per heavy atom. The number of para-hydroxylation sites is 1. The summed E-state index contributed by atoms with van der Waals surface area (Å²) in [4.78, 5) is 51.4. The van der Waals surface area contributed by atoms with Gasteiger partial charge in [-0.3, -0.25) is 19.2 Å². The summed E-state index contributed by atoms with van der Waals surface area (Å²) < 4.78 is 11.4. The highest BCUT2D eigenvalue weighted by Gasteiger charge is 2.57. The van der Waals surface area contributed by atoms with Crippen LogP contribution in [0.25, 0.3) is 11.1 Å². The number of hydroxylamine groups is 2. The van der Waals surface area contributed by atoms with Gasteiger partial charge >= 0.3 is 0 Å². The van der Waals surface area contributed by atoms with Crippen LogP contribution in [-0.2, 0) is 27.4 Å². The molecule has 0 radical (unpaired) electrons. The van der Waals surface area contributed by atoms with Crippen molar-refractivity contribution in [3.63, 3.8) is 0 Å². The quantitative estimate of drug-likeness (QED) is 0.172. The zero-order valence-corrected chi connectivity index (χ0v) is 36.2. The molecule has 9 atom stereocenters. The summed E-state index contributed by atoms with van der Waals surface area (Å²) in [5, 5.41) is 29.3. The first kappa shape index (κ1) is 43.9. The standard InChI is InChI=1S/C46H63N5O8/c1-26-36-22-32(46(36,3)4)23-37(26)47-44(55)41-40(27(2)53)39(25-52)59-51(41)24-29-12-11-13-35(42(29)58-10)30-19-31(21-33(20-30)49(5)6)43(54)48-38(45(56)50(7)8)18-28-14-16-34(57-9)17-15-28/h11-17,19-21,26-27,32,36-41,52-53H,18,22-25H2,1-10H3,(H,47,55)(H,48,54)/t26-,27-,32+,36+,37-,38-,39-,40+,41-/m0/s1. The van der Waals surface area contributed by atoms with E-state index in [2.05, 4.69) is 31.4 Å². The Morgan fingerprint density at radius 2 is 1.71 bits per heavy atom. The fourth-order valence-corrected chi connectivity index (χ4v) is 9.74. The van der Waals surface area contributed by atoms with Gasteiger partial charge < -0.3 is 40.1 Å². The molecule has 59 heavy (non-hydrogen) atoms. The number of amides is 3. The van der Waals surface area contributed by atoms with E-state index in [-0.39, 0.29) is 42.8 Å². The van der Waals surface area contributed by atoms with E-state index in [1.165, 1.54) is 11.3 Å². The molecule has 3 saturated carbocycles. The predicted molar refractivity (Wildman–Crippen MR) is 227 cm³/mol. The van der Waals surface area contributed by atoms with Crippen LogP contribution in [0.3, 0.4) is 0 Å². The van der Waals surface area contributed by atoms with Gasteiger partial charge in [0.15, 0.2) is 0 Å². The highest BCUT2D eigenvalue weighted by atomic mass is 16.7. The molecule has 3 aromatic carbocycles. The number of aliphatic hydroxyl groups excluding tert-OH is 2. The second-order valence-corrected chi connectivity index (χ2v) is 17.7. The van der Waals surface area contributed by atoms with Crippen molar-refractivity contribution >= 4 is 23.4 Å². The van der Waals surface area contributed by atoms with E-state index in [9.17, 15) is 24.6 Å². The Hall–Kier alpha value is -4.69. The molecule has 0 aromatic heterocycles. The van der Waals surface area contributed by atoms with Gasteiger partial charge in [0.05, 0.1) is 33.5 Å². The maximum Gasteiger partial charge on any atom is 0.252 e. The SMILES string of the molecule is COc1ccc(C[C@H](NC(=O)c2cc(-c3cccc(CN4O[C@@H](CO)[C@@H]([C@H](C)O)[C@H]4C(=O)N[C@H]4C[C@H]5C[C@H]([C@@H]4C)C5(C)C)c3OC)cc(N(C)C)c2)C(=O)N(C)C)cc1. The topological polar surface area (TPSA) is 153 Å². The van der Waals surface area contributed by atoms with E-state index in [1.807, 2.05) is 67.5 Å². The highest BCUT2D eigenvalue weighted by Crippen LogP contribution is 2.61. The second-order valence-electron chi connectivity index (χ2n) is 17.7. The minimum atomic E-state index is -0.931. The van der Waals surface area contributed by atoms with Crippen molar-refractivity contribution in [1.82, 2.24) is 20.6 Å². The summed E-state index contributed by atoms with van der Waals surface area (Å²) >= 11 is 0. The lowest BCUT2D eigenvalue weighted by Crippen LogP contribution is -2.62. The van der Waals surface area contributed by atoms with Crippen LogP contribution in [0.4, 0.5) is 5.69 Å². The molecule has 7 rings (SSSR count). The molecule has 0 spiro atoms. The number of methoxy groups -OCH3 is 2. The molecule has 0 unspecified atom stereocenters. The molecule has 3 aliphatic carbocycles. The number of nitrogens with zero attached hydrogens (tertiary/aromatic N) is 3. The smallest absolute Gasteiger partial charge is 0.252 e. The Morgan fingerprint density at radius 1 is 1.00 bits per heavy atom. The average molecular weight is 814 g/mol. The van der Waals surface area contributed by atoms with Gasteiger partial charge in [-0.25, -0.2) is 0 Å². The van der Waals surface area contributed by atoms with Gasteiger partial charge in [0.2, 0.25) is 11.8 Å². The molecule has 2 bridgehead atoms. The molecule has 1 heterocycles. The van der Waals surface area contributed by atoms with Crippen molar-refractivity contribution < 1.29 is 38.9 Å². The Kier molecular flexibility index (Phi) is 13.3. The number of aliphatic hydroxyl groups is 2. The van der Waals surface area contributed by atoms with Crippen LogP contribution in [0, 0.1) is 29.1 Å². The zero-order valence-electron chi connectivity index (χ0n) is 36.2. The van der Waals surface area contributed by atoms with E-state index in [0.717, 1.165) is 17.7 Å². The molecule has 13 nitrogen and oxygen atoms in total. The summed E-state index contributed by atoms with van der Waals surface area (Å²) in [7, 11) is 10.3. The molecular weight excluding hydrogens is 751 g/mol. The van der Waals surface area contributed by atoms with Gasteiger partial charge in [0, 0.05) is 68.9 Å². The van der Waals surface area contributed by atoms with Gasteiger partial charge in [-0.15, -0.1) is 0 Å². The molecule has 13 heteroatoms. The predicted octanol–water partition coefficient (Wildman–Crippen LogP) is 4.53. The summed E-state index contributed by atoms with van der Waals surface area (Å²) in [5.74, 6) is 1.05. The molecule has 320 valence electrons. The number of rotatable bonds is 15. The monoisotopic (exact) mass is 813 g/mol. The van der Waals surface area contributed by atoms with Crippen LogP contribution in [0.1, 0.15) is 62.0 Å². The van der Waals surface area contributed by atoms with Crippen LogP contribution in [0.2, 0.25) is 0 Å². The molecular formula is C46H63N5O8. The maximum atomic E-state index is 14.3. The number of hydrogen-bond donors (Lipinski definition) is 4. The van der Waals surface area contributed by atoms with Gasteiger partial charge in [-0.1, -0.05) is 51.1 Å². The number of carbonyl (C=O) groups excluding carboxylic acids is 3. The summed E-state index contributed by atoms with van der Waals surface area (Å²) in [6.07, 6.45) is 0.653. The molecule has 4 N–H and O–H groups in total. The van der Waals surface area contributed by atoms with Crippen LogP contribution in [-0.4, -0.2) is 117 Å². The number of benzene rings is 3. The molecule has 3 aromatic rings. The summed E-state index contributed by atoms with van der Waals surface area (Å²) in [6, 6.07) is 16.9. The van der Waals surface area contributed by atoms with Crippen LogP contribution < -0.4 is 25.0 Å².